The molecule has 142 valence electrons. The molecule has 6 heteroatoms. The number of amides is 1. The number of rotatable bonds is 9. The summed E-state index contributed by atoms with van der Waals surface area (Å²) in [6, 6.07) is 13.9. The number of benzene rings is 1. The minimum atomic E-state index is 0.0403. The molecule has 2 heterocycles. The van der Waals surface area contributed by atoms with Crippen molar-refractivity contribution >= 4 is 33.7 Å². The Labute approximate surface area is 169 Å². The van der Waals surface area contributed by atoms with Crippen molar-refractivity contribution in [3.63, 3.8) is 0 Å². The SMILES string of the molecule is CCN(CC)CCCN(C(=O)c1cccs1)c1nc(-c2ccccc2)cs1. The van der Waals surface area contributed by atoms with Gasteiger partial charge >= 0.3 is 0 Å². The molecule has 0 aliphatic heterocycles. The van der Waals surface area contributed by atoms with Crippen molar-refractivity contribution < 1.29 is 4.79 Å². The zero-order valence-corrected chi connectivity index (χ0v) is 17.4. The van der Waals surface area contributed by atoms with Crippen LogP contribution in [0.15, 0.2) is 53.2 Å². The molecule has 0 fully saturated rings. The largest absolute Gasteiger partial charge is 0.304 e. The first-order chi connectivity index (χ1) is 13.2. The molecule has 0 bridgehead atoms. The predicted octanol–water partition coefficient (Wildman–Crippen LogP) is 5.25. The van der Waals surface area contributed by atoms with E-state index in [1.54, 1.807) is 0 Å². The highest BCUT2D eigenvalue weighted by Gasteiger charge is 2.21. The van der Waals surface area contributed by atoms with Crippen molar-refractivity contribution in [2.45, 2.75) is 20.3 Å². The molecule has 0 saturated carbocycles. The predicted molar refractivity (Wildman–Crippen MR) is 116 cm³/mol. The van der Waals surface area contributed by atoms with Crippen molar-refractivity contribution in [2.75, 3.05) is 31.1 Å². The second-order valence-corrected chi connectivity index (χ2v) is 7.98. The summed E-state index contributed by atoms with van der Waals surface area (Å²) in [7, 11) is 0. The summed E-state index contributed by atoms with van der Waals surface area (Å²) in [5.74, 6) is 0.0403. The first-order valence-corrected chi connectivity index (χ1v) is 11.1. The van der Waals surface area contributed by atoms with Gasteiger partial charge in [-0.2, -0.15) is 0 Å². The number of hydrogen-bond donors (Lipinski definition) is 0. The van der Waals surface area contributed by atoms with Crippen LogP contribution < -0.4 is 4.90 Å². The molecule has 3 aromatic rings. The summed E-state index contributed by atoms with van der Waals surface area (Å²) < 4.78 is 0. The maximum atomic E-state index is 13.1. The summed E-state index contributed by atoms with van der Waals surface area (Å²) in [6.07, 6.45) is 0.930. The molecule has 0 aliphatic rings. The third-order valence-electron chi connectivity index (χ3n) is 4.52. The molecule has 4 nitrogen and oxygen atoms in total. The molecule has 1 amide bonds. The topological polar surface area (TPSA) is 36.4 Å². The molecule has 3 rings (SSSR count). The van der Waals surface area contributed by atoms with E-state index in [-0.39, 0.29) is 5.91 Å². The molecule has 0 atom stereocenters. The van der Waals surface area contributed by atoms with Crippen LogP contribution in [0.5, 0.6) is 0 Å². The quantitative estimate of drug-likeness (QED) is 0.493. The lowest BCUT2D eigenvalue weighted by atomic mass is 10.2. The highest BCUT2D eigenvalue weighted by molar-refractivity contribution is 7.14. The first-order valence-electron chi connectivity index (χ1n) is 9.31. The Balaban J connectivity index is 1.79. The lowest BCUT2D eigenvalue weighted by Gasteiger charge is -2.22. The van der Waals surface area contributed by atoms with Crippen molar-refractivity contribution in [1.82, 2.24) is 9.88 Å². The van der Waals surface area contributed by atoms with Gasteiger partial charge in [-0.15, -0.1) is 22.7 Å². The van der Waals surface area contributed by atoms with Crippen molar-refractivity contribution in [3.8, 4) is 11.3 Å². The van der Waals surface area contributed by atoms with Crippen molar-refractivity contribution in [2.24, 2.45) is 0 Å². The maximum Gasteiger partial charge on any atom is 0.270 e. The summed E-state index contributed by atoms with van der Waals surface area (Å²) in [4.78, 5) is 22.8. The summed E-state index contributed by atoms with van der Waals surface area (Å²) in [5.41, 5.74) is 2.00. The van der Waals surface area contributed by atoms with E-state index >= 15 is 0 Å². The van der Waals surface area contributed by atoms with Crippen LogP contribution in [0.3, 0.4) is 0 Å². The van der Waals surface area contributed by atoms with Gasteiger partial charge in [0, 0.05) is 17.5 Å². The third-order valence-corrected chi connectivity index (χ3v) is 6.24. The van der Waals surface area contributed by atoms with E-state index in [9.17, 15) is 4.79 Å². The van der Waals surface area contributed by atoms with Crippen LogP contribution in [-0.2, 0) is 0 Å². The average molecular weight is 400 g/mol. The third kappa shape index (κ3) is 5.03. The summed E-state index contributed by atoms with van der Waals surface area (Å²) >= 11 is 3.01. The van der Waals surface area contributed by atoms with Crippen LogP contribution in [0.4, 0.5) is 5.13 Å². The van der Waals surface area contributed by atoms with Gasteiger partial charge in [-0.1, -0.05) is 50.2 Å². The monoisotopic (exact) mass is 399 g/mol. The van der Waals surface area contributed by atoms with E-state index in [1.165, 1.54) is 22.7 Å². The number of thiophene rings is 1. The molecule has 0 saturated heterocycles. The number of aromatic nitrogens is 1. The van der Waals surface area contributed by atoms with E-state index in [0.717, 1.165) is 47.3 Å². The molecule has 0 aliphatic carbocycles. The fraction of sp³-hybridized carbons (Fsp3) is 0.333. The van der Waals surface area contributed by atoms with Gasteiger partial charge in [0.05, 0.1) is 10.6 Å². The number of thiazole rings is 1. The van der Waals surface area contributed by atoms with E-state index in [2.05, 4.69) is 18.7 Å². The lowest BCUT2D eigenvalue weighted by Crippen LogP contribution is -2.34. The Morgan fingerprint density at radius 2 is 1.78 bits per heavy atom. The maximum absolute atomic E-state index is 13.1. The minimum Gasteiger partial charge on any atom is -0.304 e. The van der Waals surface area contributed by atoms with Gasteiger partial charge in [0.15, 0.2) is 5.13 Å². The Morgan fingerprint density at radius 3 is 2.44 bits per heavy atom. The number of anilines is 1. The van der Waals surface area contributed by atoms with E-state index in [0.29, 0.717) is 6.54 Å². The average Bonchev–Trinajstić information content (AvgIpc) is 3.41. The molecule has 27 heavy (non-hydrogen) atoms. The zero-order valence-electron chi connectivity index (χ0n) is 15.8. The summed E-state index contributed by atoms with van der Waals surface area (Å²) in [5, 5.41) is 4.74. The van der Waals surface area contributed by atoms with Crippen LogP contribution in [0.25, 0.3) is 11.3 Å². The van der Waals surface area contributed by atoms with Gasteiger partial charge in [0.2, 0.25) is 0 Å². The van der Waals surface area contributed by atoms with Crippen LogP contribution in [0, 0.1) is 0 Å². The fourth-order valence-electron chi connectivity index (χ4n) is 2.94. The van der Waals surface area contributed by atoms with Crippen LogP contribution in [-0.4, -0.2) is 42.0 Å². The highest BCUT2D eigenvalue weighted by Crippen LogP contribution is 2.29. The number of hydrogen-bond acceptors (Lipinski definition) is 5. The van der Waals surface area contributed by atoms with Crippen LogP contribution >= 0.6 is 22.7 Å². The Bertz CT molecular complexity index is 826. The molecule has 1 aromatic carbocycles. The number of carbonyl (C=O) groups is 1. The van der Waals surface area contributed by atoms with Crippen LogP contribution in [0.1, 0.15) is 29.9 Å². The smallest absolute Gasteiger partial charge is 0.270 e. The Hall–Kier alpha value is -2.02. The molecule has 2 aromatic heterocycles. The summed E-state index contributed by atoms with van der Waals surface area (Å²) in [6.45, 7) is 8.07. The highest BCUT2D eigenvalue weighted by atomic mass is 32.1. The first kappa shape index (κ1) is 19.7. The van der Waals surface area contributed by atoms with Gasteiger partial charge < -0.3 is 4.90 Å². The molecular formula is C21H25N3OS2. The van der Waals surface area contributed by atoms with E-state index < -0.39 is 0 Å². The minimum absolute atomic E-state index is 0.0403. The normalized spacial score (nSPS) is 11.1. The van der Waals surface area contributed by atoms with E-state index in [4.69, 9.17) is 4.98 Å². The lowest BCUT2D eigenvalue weighted by molar-refractivity contribution is 0.0989. The second-order valence-electron chi connectivity index (χ2n) is 6.20. The van der Waals surface area contributed by atoms with Gasteiger partial charge in [0.25, 0.3) is 5.91 Å². The molecule has 0 N–H and O–H groups in total. The fourth-order valence-corrected chi connectivity index (χ4v) is 4.47. The molecular weight excluding hydrogens is 374 g/mol. The number of nitrogens with zero attached hydrogens (tertiary/aromatic N) is 3. The van der Waals surface area contributed by atoms with Crippen molar-refractivity contribution in [1.29, 1.82) is 0 Å². The second kappa shape index (κ2) is 9.78. The van der Waals surface area contributed by atoms with Gasteiger partial charge in [-0.25, -0.2) is 4.98 Å². The van der Waals surface area contributed by atoms with Gasteiger partial charge in [-0.05, 0) is 37.5 Å². The molecule has 0 radical (unpaired) electrons. The van der Waals surface area contributed by atoms with Gasteiger partial charge in [0.1, 0.15) is 0 Å². The Kier molecular flexibility index (Phi) is 7.15. The standard InChI is InChI=1S/C21H25N3OS2/c1-3-23(4-2)13-9-14-24(20(25)19-12-8-15-26-19)21-22-18(16-27-21)17-10-6-5-7-11-17/h5-8,10-12,15-16H,3-4,9,13-14H2,1-2H3. The molecule has 0 unspecified atom stereocenters. The zero-order chi connectivity index (χ0) is 19.1. The van der Waals surface area contributed by atoms with E-state index in [1.807, 2.05) is 58.1 Å². The molecule has 0 spiro atoms. The number of carbonyl (C=O) groups excluding carboxylic acids is 1. The van der Waals surface area contributed by atoms with Crippen molar-refractivity contribution in [3.05, 3.63) is 58.1 Å². The van der Waals surface area contributed by atoms with Gasteiger partial charge in [-0.3, -0.25) is 9.69 Å². The Morgan fingerprint density at radius 1 is 1.00 bits per heavy atom. The van der Waals surface area contributed by atoms with Crippen LogP contribution in [0.2, 0.25) is 0 Å².